The standard InChI is InChI=1S/C24H24N4O2S2/c1-3-28-22(15-30-20-13-8-10-17-9-4-5-11-18(17)20)26-27-24(28)32-16-23(29)25-19-12-6-7-14-21(19)31-2/h4-14H,3,15-16H2,1-2H3,(H,25,29). The number of rotatable bonds is 9. The summed E-state index contributed by atoms with van der Waals surface area (Å²) < 4.78 is 8.06. The summed E-state index contributed by atoms with van der Waals surface area (Å²) in [4.78, 5) is 13.5. The monoisotopic (exact) mass is 464 g/mol. The van der Waals surface area contributed by atoms with Gasteiger partial charge in [0.05, 0.1) is 11.4 Å². The maximum atomic E-state index is 12.5. The molecule has 4 aromatic rings. The highest BCUT2D eigenvalue weighted by Gasteiger charge is 2.15. The molecule has 0 radical (unpaired) electrons. The molecule has 0 aliphatic heterocycles. The Morgan fingerprint density at radius 1 is 1.03 bits per heavy atom. The Hall–Kier alpha value is -2.97. The Balaban J connectivity index is 1.40. The maximum Gasteiger partial charge on any atom is 0.234 e. The maximum absolute atomic E-state index is 12.5. The first kappa shape index (κ1) is 22.2. The van der Waals surface area contributed by atoms with Crippen molar-refractivity contribution < 1.29 is 9.53 Å². The fourth-order valence-electron chi connectivity index (χ4n) is 3.38. The fraction of sp³-hybridized carbons (Fsp3) is 0.208. The van der Waals surface area contributed by atoms with E-state index in [9.17, 15) is 4.79 Å². The molecule has 3 aromatic carbocycles. The number of amides is 1. The number of carbonyl (C=O) groups is 1. The summed E-state index contributed by atoms with van der Waals surface area (Å²) in [6.07, 6.45) is 1.99. The molecule has 0 aliphatic carbocycles. The fourth-order valence-corrected chi connectivity index (χ4v) is 4.75. The zero-order valence-corrected chi connectivity index (χ0v) is 19.6. The van der Waals surface area contributed by atoms with Gasteiger partial charge in [-0.15, -0.1) is 22.0 Å². The van der Waals surface area contributed by atoms with Gasteiger partial charge in [-0.1, -0.05) is 60.3 Å². The first-order chi connectivity index (χ1) is 15.7. The third-order valence-corrected chi connectivity index (χ3v) is 6.69. The van der Waals surface area contributed by atoms with E-state index in [0.29, 0.717) is 18.3 Å². The van der Waals surface area contributed by atoms with Gasteiger partial charge in [-0.05, 0) is 36.8 Å². The smallest absolute Gasteiger partial charge is 0.234 e. The predicted molar refractivity (Wildman–Crippen MR) is 132 cm³/mol. The molecule has 0 spiro atoms. The van der Waals surface area contributed by atoms with Crippen molar-refractivity contribution in [2.75, 3.05) is 17.3 Å². The molecule has 4 rings (SSSR count). The van der Waals surface area contributed by atoms with E-state index in [4.69, 9.17) is 4.74 Å². The number of nitrogens with one attached hydrogen (secondary N) is 1. The van der Waals surface area contributed by atoms with Gasteiger partial charge in [0.1, 0.15) is 12.4 Å². The van der Waals surface area contributed by atoms with Crippen molar-refractivity contribution in [3.05, 3.63) is 72.6 Å². The molecule has 0 atom stereocenters. The zero-order chi connectivity index (χ0) is 22.3. The van der Waals surface area contributed by atoms with Gasteiger partial charge in [-0.25, -0.2) is 0 Å². The number of hydrogen-bond acceptors (Lipinski definition) is 6. The summed E-state index contributed by atoms with van der Waals surface area (Å²) in [6.45, 7) is 3.03. The van der Waals surface area contributed by atoms with Crippen LogP contribution in [0.15, 0.2) is 76.8 Å². The normalized spacial score (nSPS) is 10.9. The highest BCUT2D eigenvalue weighted by molar-refractivity contribution is 7.99. The number of para-hydroxylation sites is 1. The SMILES string of the molecule is CCn1c(COc2cccc3ccccc23)nnc1SCC(=O)Nc1ccccc1SC. The van der Waals surface area contributed by atoms with Crippen LogP contribution >= 0.6 is 23.5 Å². The zero-order valence-electron chi connectivity index (χ0n) is 17.9. The molecule has 8 heteroatoms. The first-order valence-corrected chi connectivity index (χ1v) is 12.5. The lowest BCUT2D eigenvalue weighted by atomic mass is 10.1. The molecule has 0 bridgehead atoms. The number of aromatic nitrogens is 3. The van der Waals surface area contributed by atoms with E-state index in [1.165, 1.54) is 11.8 Å². The molecule has 0 aliphatic rings. The molecule has 32 heavy (non-hydrogen) atoms. The van der Waals surface area contributed by atoms with Crippen LogP contribution in [0.1, 0.15) is 12.7 Å². The van der Waals surface area contributed by atoms with Crippen LogP contribution in [0.2, 0.25) is 0 Å². The summed E-state index contributed by atoms with van der Waals surface area (Å²) in [6, 6.07) is 21.9. The van der Waals surface area contributed by atoms with E-state index >= 15 is 0 Å². The predicted octanol–water partition coefficient (Wildman–Crippen LogP) is 5.48. The number of carbonyl (C=O) groups excluding carboxylic acids is 1. The lowest BCUT2D eigenvalue weighted by Gasteiger charge is -2.11. The van der Waals surface area contributed by atoms with Gasteiger partial charge < -0.3 is 14.6 Å². The molecule has 1 heterocycles. The number of nitrogens with zero attached hydrogens (tertiary/aromatic N) is 3. The Labute approximate surface area is 195 Å². The molecule has 0 fully saturated rings. The quantitative estimate of drug-likeness (QED) is 0.331. The van der Waals surface area contributed by atoms with Gasteiger partial charge in [-0.2, -0.15) is 0 Å². The average molecular weight is 465 g/mol. The van der Waals surface area contributed by atoms with Gasteiger partial charge in [0.2, 0.25) is 5.91 Å². The lowest BCUT2D eigenvalue weighted by molar-refractivity contribution is -0.113. The summed E-state index contributed by atoms with van der Waals surface area (Å²) >= 11 is 2.98. The molecule has 6 nitrogen and oxygen atoms in total. The molecule has 0 unspecified atom stereocenters. The van der Waals surface area contributed by atoms with Crippen LogP contribution in [0.25, 0.3) is 10.8 Å². The van der Waals surface area contributed by atoms with E-state index in [2.05, 4.69) is 27.6 Å². The van der Waals surface area contributed by atoms with Crippen LogP contribution in [-0.4, -0.2) is 32.7 Å². The number of thioether (sulfide) groups is 2. The Bertz CT molecular complexity index is 1220. The van der Waals surface area contributed by atoms with Crippen LogP contribution in [-0.2, 0) is 17.9 Å². The Morgan fingerprint density at radius 3 is 2.66 bits per heavy atom. The third-order valence-electron chi connectivity index (χ3n) is 4.93. The molecule has 1 aromatic heterocycles. The van der Waals surface area contributed by atoms with E-state index in [-0.39, 0.29) is 11.7 Å². The highest BCUT2D eigenvalue weighted by atomic mass is 32.2. The van der Waals surface area contributed by atoms with Crippen LogP contribution in [0, 0.1) is 0 Å². The summed E-state index contributed by atoms with van der Waals surface area (Å²) in [5.41, 5.74) is 0.826. The largest absolute Gasteiger partial charge is 0.485 e. The topological polar surface area (TPSA) is 69.0 Å². The van der Waals surface area contributed by atoms with E-state index in [1.54, 1.807) is 11.8 Å². The molecule has 0 saturated carbocycles. The molecular weight excluding hydrogens is 440 g/mol. The summed E-state index contributed by atoms with van der Waals surface area (Å²) in [5.74, 6) is 1.73. The van der Waals surface area contributed by atoms with Crippen LogP contribution in [0.5, 0.6) is 5.75 Å². The lowest BCUT2D eigenvalue weighted by Crippen LogP contribution is -2.15. The van der Waals surface area contributed by atoms with Gasteiger partial charge in [0.25, 0.3) is 0 Å². The van der Waals surface area contributed by atoms with E-state index < -0.39 is 0 Å². The van der Waals surface area contributed by atoms with Crippen molar-refractivity contribution in [1.82, 2.24) is 14.8 Å². The Morgan fingerprint density at radius 2 is 1.81 bits per heavy atom. The molecule has 1 N–H and O–H groups in total. The van der Waals surface area contributed by atoms with Crippen LogP contribution < -0.4 is 10.1 Å². The van der Waals surface area contributed by atoms with Crippen molar-refractivity contribution >= 4 is 45.9 Å². The summed E-state index contributed by atoms with van der Waals surface area (Å²) in [5, 5.41) is 14.5. The van der Waals surface area contributed by atoms with Crippen molar-refractivity contribution in [3.8, 4) is 5.75 Å². The molecule has 164 valence electrons. The van der Waals surface area contributed by atoms with Crippen LogP contribution in [0.4, 0.5) is 5.69 Å². The minimum atomic E-state index is -0.0734. The van der Waals surface area contributed by atoms with E-state index in [0.717, 1.165) is 32.9 Å². The molecular formula is C24H24N4O2S2. The highest BCUT2D eigenvalue weighted by Crippen LogP contribution is 2.27. The minimum absolute atomic E-state index is 0.0734. The second-order valence-electron chi connectivity index (χ2n) is 6.95. The van der Waals surface area contributed by atoms with Crippen molar-refractivity contribution in [2.24, 2.45) is 0 Å². The number of benzene rings is 3. The van der Waals surface area contributed by atoms with Crippen molar-refractivity contribution in [2.45, 2.75) is 30.1 Å². The van der Waals surface area contributed by atoms with Crippen molar-refractivity contribution in [1.29, 1.82) is 0 Å². The molecule has 1 amide bonds. The van der Waals surface area contributed by atoms with Crippen LogP contribution in [0.3, 0.4) is 0 Å². The molecule has 0 saturated heterocycles. The number of hydrogen-bond donors (Lipinski definition) is 1. The number of anilines is 1. The van der Waals surface area contributed by atoms with Gasteiger partial charge in [-0.3, -0.25) is 4.79 Å². The second kappa shape index (κ2) is 10.6. The minimum Gasteiger partial charge on any atom is -0.485 e. The van der Waals surface area contributed by atoms with Gasteiger partial charge in [0, 0.05) is 16.8 Å². The number of fused-ring (bicyclic) bond motifs is 1. The summed E-state index contributed by atoms with van der Waals surface area (Å²) in [7, 11) is 0. The van der Waals surface area contributed by atoms with Gasteiger partial charge >= 0.3 is 0 Å². The third kappa shape index (κ3) is 5.08. The average Bonchev–Trinajstić information content (AvgIpc) is 3.23. The number of ether oxygens (including phenoxy) is 1. The first-order valence-electron chi connectivity index (χ1n) is 10.3. The van der Waals surface area contributed by atoms with E-state index in [1.807, 2.05) is 72.3 Å². The van der Waals surface area contributed by atoms with Gasteiger partial charge in [0.15, 0.2) is 11.0 Å². The Kier molecular flexibility index (Phi) is 7.34. The second-order valence-corrected chi connectivity index (χ2v) is 8.74. The van der Waals surface area contributed by atoms with Crippen molar-refractivity contribution in [3.63, 3.8) is 0 Å².